The molecule has 9 N–H and O–H groups in total. The van der Waals surface area contributed by atoms with Crippen molar-refractivity contribution < 1.29 is 72.1 Å². The monoisotopic (exact) mass is 1070 g/mol. The summed E-state index contributed by atoms with van der Waals surface area (Å²) in [4.78, 5) is 69.8. The number of anilines is 3. The number of Topliss-reactive ketones (excluding diaryl/α,β-unsaturated/α-hetero) is 1. The minimum absolute atomic E-state index is 0.00114. The second-order valence-corrected chi connectivity index (χ2v) is 19.0. The van der Waals surface area contributed by atoms with Crippen molar-refractivity contribution in [1.82, 2.24) is 24.5 Å². The van der Waals surface area contributed by atoms with Gasteiger partial charge in [-0.2, -0.15) is 13.2 Å². The summed E-state index contributed by atoms with van der Waals surface area (Å²) in [6.07, 6.45) is -1.74. The molecule has 4 aromatic carbocycles. The molecule has 1 aliphatic heterocycles. The lowest BCUT2D eigenvalue weighted by atomic mass is 9.72. The van der Waals surface area contributed by atoms with Crippen LogP contribution in [0.2, 0.25) is 0 Å². The van der Waals surface area contributed by atoms with Crippen LogP contribution in [-0.2, 0) is 26.9 Å². The maximum Gasteiger partial charge on any atom is 0.416 e. The van der Waals surface area contributed by atoms with E-state index in [0.717, 1.165) is 23.3 Å². The van der Waals surface area contributed by atoms with Crippen molar-refractivity contribution in [3.8, 4) is 34.2 Å². The Bertz CT molecular complexity index is 3490. The second kappa shape index (κ2) is 21.5. The average Bonchev–Trinajstić information content (AvgIpc) is 4.02. The highest BCUT2D eigenvalue weighted by atomic mass is 19.4. The molecule has 1 fully saturated rings. The number of nitrogens with zero attached hydrogens (tertiary/aromatic N) is 5. The summed E-state index contributed by atoms with van der Waals surface area (Å²) in [6, 6.07) is 17.4. The van der Waals surface area contributed by atoms with Gasteiger partial charge in [-0.25, -0.2) is 15.0 Å². The van der Waals surface area contributed by atoms with Gasteiger partial charge in [0, 0.05) is 95.0 Å². The van der Waals surface area contributed by atoms with Crippen molar-refractivity contribution >= 4 is 40.6 Å². The van der Waals surface area contributed by atoms with Crippen LogP contribution in [0.1, 0.15) is 96.0 Å². The molecule has 1 saturated heterocycles. The van der Waals surface area contributed by atoms with Crippen LogP contribution >= 0.6 is 0 Å². The molecule has 0 saturated carbocycles. The van der Waals surface area contributed by atoms with Gasteiger partial charge in [-0.05, 0) is 80.9 Å². The number of benzene rings is 4. The van der Waals surface area contributed by atoms with Crippen LogP contribution in [0.3, 0.4) is 0 Å². The number of imidazole rings is 1. The molecule has 404 valence electrons. The van der Waals surface area contributed by atoms with E-state index in [9.17, 15) is 57.9 Å². The predicted molar refractivity (Wildman–Crippen MR) is 273 cm³/mol. The first-order valence-electron chi connectivity index (χ1n) is 24.2. The van der Waals surface area contributed by atoms with Gasteiger partial charge in [-0.3, -0.25) is 24.2 Å². The SMILES string of the molecule is COc1cccc2c1C(=O)c1c(O)c3c(c(O)c1C2=O)C[C@@](O)(C(=O)CO)C[C@@H]3O[C@H]1C[C@H](N)[C@H](O)[C@H](C)O1.Cc1cn(-c2cc(NC(=O)c3ccc(C)c(Nc4nccc(-c5cccnc5)n4)c3)cc(C(F)(F)F)c2)cn1. The van der Waals surface area contributed by atoms with E-state index < -0.39 is 113 Å². The van der Waals surface area contributed by atoms with Gasteiger partial charge < -0.3 is 60.7 Å². The number of amides is 1. The summed E-state index contributed by atoms with van der Waals surface area (Å²) < 4.78 is 59.3. The largest absolute Gasteiger partial charge is 0.507 e. The number of phenols is 2. The lowest BCUT2D eigenvalue weighted by Crippen LogP contribution is -2.53. The molecule has 10 rings (SSSR count). The third kappa shape index (κ3) is 10.7. The number of hydrogen-bond donors (Lipinski definition) is 8. The zero-order valence-electron chi connectivity index (χ0n) is 42.1. The van der Waals surface area contributed by atoms with E-state index in [-0.39, 0.29) is 51.4 Å². The summed E-state index contributed by atoms with van der Waals surface area (Å²) in [7, 11) is 1.32. The summed E-state index contributed by atoms with van der Waals surface area (Å²) >= 11 is 0. The number of nitrogens with two attached hydrogens (primary N) is 1. The van der Waals surface area contributed by atoms with E-state index in [0.29, 0.717) is 23.0 Å². The van der Waals surface area contributed by atoms with Crippen molar-refractivity contribution in [2.45, 2.75) is 82.5 Å². The maximum atomic E-state index is 13.6. The van der Waals surface area contributed by atoms with Crippen LogP contribution in [0.25, 0.3) is 16.9 Å². The lowest BCUT2D eigenvalue weighted by molar-refractivity contribution is -0.247. The molecule has 3 aromatic heterocycles. The summed E-state index contributed by atoms with van der Waals surface area (Å²) in [5.74, 6) is -4.03. The second-order valence-electron chi connectivity index (χ2n) is 19.0. The summed E-state index contributed by atoms with van der Waals surface area (Å²) in [5.41, 5.74) is 5.47. The number of aryl methyl sites for hydroxylation is 2. The zero-order valence-corrected chi connectivity index (χ0v) is 42.1. The molecule has 6 atom stereocenters. The number of alkyl halides is 3. The van der Waals surface area contributed by atoms with E-state index in [1.165, 1.54) is 42.3 Å². The number of methoxy groups -OCH3 is 1. The fourth-order valence-corrected chi connectivity index (χ4v) is 9.62. The molecule has 0 bridgehead atoms. The standard InChI is InChI=1S/C28H22F3N7O.C27H29NO11/c1-17-5-6-19(10-25(17)37-27-33-9-7-24(36-27)20-4-3-8-32-14-20)26(39)35-22-11-21(28(29,30)31)12-23(13-22)38-15-18(2)34-16-38;1-10-22(31)13(28)6-17(38-10)39-15-8-27(36,16(30)9-29)7-12-19(15)26(35)21-20(24(12)33)23(32)11-4-3-5-14(37-2)18(11)25(21)34/h3-16H,1-2H3,(H,35,39)(H,33,36,37);3-5,10,13,15,17,22,29,31,33,35-36H,6-9,28H2,1-2H3/t;10-,13-,15-,17-,22+,27-/m.0/s1. The lowest BCUT2D eigenvalue weighted by Gasteiger charge is -2.42. The number of nitrogens with one attached hydrogen (secondary N) is 2. The highest BCUT2D eigenvalue weighted by molar-refractivity contribution is 6.31. The number of aliphatic hydroxyl groups is 3. The fraction of sp³-hybridized carbons (Fsp3) is 0.273. The average molecular weight is 1070 g/mol. The van der Waals surface area contributed by atoms with Crippen molar-refractivity contribution in [2.24, 2.45) is 5.73 Å². The van der Waals surface area contributed by atoms with Crippen LogP contribution in [-0.4, -0.2) is 117 Å². The number of fused-ring (bicyclic) bond motifs is 3. The molecule has 23 heteroatoms. The molecule has 20 nitrogen and oxygen atoms in total. The van der Waals surface area contributed by atoms with Crippen LogP contribution in [0.5, 0.6) is 17.2 Å². The first-order chi connectivity index (χ1) is 37.1. The van der Waals surface area contributed by atoms with Gasteiger partial charge in [0.2, 0.25) is 11.7 Å². The number of carbonyl (C=O) groups is 4. The van der Waals surface area contributed by atoms with Gasteiger partial charge in [0.1, 0.15) is 29.5 Å². The van der Waals surface area contributed by atoms with E-state index in [2.05, 4.69) is 30.6 Å². The molecule has 0 unspecified atom stereocenters. The van der Waals surface area contributed by atoms with Gasteiger partial charge in [-0.1, -0.05) is 18.2 Å². The Morgan fingerprint density at radius 2 is 1.73 bits per heavy atom. The molecular formula is C55H51F3N8O12. The van der Waals surface area contributed by atoms with Crippen LogP contribution in [0.4, 0.5) is 30.5 Å². The third-order valence-electron chi connectivity index (χ3n) is 13.7. The quantitative estimate of drug-likeness (QED) is 0.0654. The predicted octanol–water partition coefficient (Wildman–Crippen LogP) is 6.36. The first kappa shape index (κ1) is 54.3. The topological polar surface area (TPSA) is 304 Å². The number of aliphatic hydroxyl groups excluding tert-OH is 2. The molecule has 1 amide bonds. The highest BCUT2D eigenvalue weighted by Gasteiger charge is 2.50. The Labute approximate surface area is 442 Å². The van der Waals surface area contributed by atoms with Gasteiger partial charge in [-0.15, -0.1) is 0 Å². The first-order valence-corrected chi connectivity index (χ1v) is 24.2. The molecule has 0 radical (unpaired) electrons. The number of carbonyl (C=O) groups excluding carboxylic acids is 4. The van der Waals surface area contributed by atoms with E-state index in [1.807, 2.05) is 13.0 Å². The zero-order chi connectivity index (χ0) is 56.0. The number of rotatable bonds is 11. The van der Waals surface area contributed by atoms with E-state index in [4.69, 9.17) is 19.9 Å². The normalized spacial score (nSPS) is 20.6. The minimum atomic E-state index is -4.60. The smallest absolute Gasteiger partial charge is 0.416 e. The Hall–Kier alpha value is -8.45. The Kier molecular flexibility index (Phi) is 15.0. The van der Waals surface area contributed by atoms with Crippen LogP contribution in [0.15, 0.2) is 104 Å². The molecule has 7 aromatic rings. The fourth-order valence-electron chi connectivity index (χ4n) is 9.62. The van der Waals surface area contributed by atoms with Crippen LogP contribution < -0.4 is 21.1 Å². The highest BCUT2D eigenvalue weighted by Crippen LogP contribution is 2.52. The maximum absolute atomic E-state index is 13.6. The molecule has 2 aliphatic carbocycles. The Morgan fingerprint density at radius 1 is 0.962 bits per heavy atom. The number of ether oxygens (including phenoxy) is 3. The van der Waals surface area contributed by atoms with Gasteiger partial charge in [0.05, 0.1) is 65.4 Å². The van der Waals surface area contributed by atoms with Crippen molar-refractivity contribution in [2.75, 3.05) is 24.4 Å². The van der Waals surface area contributed by atoms with Crippen molar-refractivity contribution in [3.05, 3.63) is 160 Å². The number of phenolic OH excluding ortho intramolecular Hbond substituents is 2. The number of halogens is 3. The van der Waals surface area contributed by atoms with E-state index in [1.54, 1.807) is 69.0 Å². The molecule has 0 spiro atoms. The van der Waals surface area contributed by atoms with Crippen LogP contribution in [0, 0.1) is 13.8 Å². The molecule has 3 aliphatic rings. The molecular weight excluding hydrogens is 1020 g/mol. The van der Waals surface area contributed by atoms with Crippen molar-refractivity contribution in [1.29, 1.82) is 0 Å². The summed E-state index contributed by atoms with van der Waals surface area (Å²) in [5, 5.41) is 59.4. The van der Waals surface area contributed by atoms with Crippen molar-refractivity contribution in [3.63, 3.8) is 0 Å². The Balaban J connectivity index is 0.000000190. The summed E-state index contributed by atoms with van der Waals surface area (Å²) in [6.45, 7) is 4.14. The molecule has 4 heterocycles. The number of hydrogen-bond acceptors (Lipinski definition) is 18. The molecule has 78 heavy (non-hydrogen) atoms. The number of aromatic hydroxyl groups is 2. The Morgan fingerprint density at radius 3 is 2.41 bits per heavy atom. The number of aromatic nitrogens is 5. The third-order valence-corrected chi connectivity index (χ3v) is 13.7. The minimum Gasteiger partial charge on any atom is -0.507 e. The van der Waals surface area contributed by atoms with E-state index >= 15 is 0 Å². The van der Waals surface area contributed by atoms with Gasteiger partial charge in [0.15, 0.2) is 17.9 Å². The number of pyridine rings is 1. The van der Waals surface area contributed by atoms with Gasteiger partial charge >= 0.3 is 6.18 Å². The number of ketones is 3. The van der Waals surface area contributed by atoms with Gasteiger partial charge in [0.25, 0.3) is 5.91 Å².